The largest absolute Gasteiger partial charge is 0.341 e. The van der Waals surface area contributed by atoms with Crippen molar-refractivity contribution in [1.29, 1.82) is 0 Å². The van der Waals surface area contributed by atoms with Crippen molar-refractivity contribution in [2.75, 3.05) is 25.5 Å². The molecular weight excluding hydrogens is 488 g/mol. The summed E-state index contributed by atoms with van der Waals surface area (Å²) in [5.74, 6) is -0.278. The normalized spacial score (nSPS) is 19.0. The van der Waals surface area contributed by atoms with E-state index in [0.29, 0.717) is 41.5 Å². The van der Waals surface area contributed by atoms with Gasteiger partial charge in [0.1, 0.15) is 0 Å². The Hall–Kier alpha value is -3.27. The number of aryl methyl sites for hydroxylation is 1. The molecule has 3 N–H and O–H groups in total. The van der Waals surface area contributed by atoms with Crippen LogP contribution in [-0.2, 0) is 14.8 Å². The molecule has 0 unspecified atom stereocenters. The second-order valence-corrected chi connectivity index (χ2v) is 11.4. The second kappa shape index (κ2) is 11.0. The summed E-state index contributed by atoms with van der Waals surface area (Å²) in [5.41, 5.74) is 1.96. The van der Waals surface area contributed by atoms with Gasteiger partial charge in [-0.25, -0.2) is 13.1 Å². The molecular formula is C28H34N4O4S. The topological polar surface area (TPSA) is 108 Å². The first-order chi connectivity index (χ1) is 17.6. The Labute approximate surface area is 218 Å². The van der Waals surface area contributed by atoms with Gasteiger partial charge in [0.2, 0.25) is 15.9 Å². The van der Waals surface area contributed by atoms with E-state index in [1.54, 1.807) is 42.3 Å². The van der Waals surface area contributed by atoms with E-state index in [9.17, 15) is 18.0 Å². The highest BCUT2D eigenvalue weighted by Crippen LogP contribution is 2.31. The first kappa shape index (κ1) is 26.8. The van der Waals surface area contributed by atoms with E-state index in [-0.39, 0.29) is 34.7 Å². The van der Waals surface area contributed by atoms with Crippen LogP contribution in [0.3, 0.4) is 0 Å². The maximum atomic E-state index is 13.5. The molecule has 9 heteroatoms. The molecule has 1 aliphatic rings. The zero-order chi connectivity index (χ0) is 26.7. The summed E-state index contributed by atoms with van der Waals surface area (Å²) >= 11 is 0. The van der Waals surface area contributed by atoms with Gasteiger partial charge in [-0.15, -0.1) is 0 Å². The van der Waals surface area contributed by atoms with Crippen molar-refractivity contribution in [3.63, 3.8) is 0 Å². The fourth-order valence-corrected chi connectivity index (χ4v) is 6.40. The quantitative estimate of drug-likeness (QED) is 0.440. The van der Waals surface area contributed by atoms with Gasteiger partial charge in [-0.2, -0.15) is 0 Å². The highest BCUT2D eigenvalue weighted by atomic mass is 32.2. The monoisotopic (exact) mass is 522 g/mol. The molecule has 0 bridgehead atoms. The number of benzene rings is 3. The number of likely N-dealkylation sites (tertiary alicyclic amines) is 1. The molecule has 1 fully saturated rings. The van der Waals surface area contributed by atoms with Crippen LogP contribution < -0.4 is 15.4 Å². The van der Waals surface area contributed by atoms with Crippen molar-refractivity contribution >= 4 is 38.3 Å². The third kappa shape index (κ3) is 5.69. The molecule has 8 nitrogen and oxygen atoms in total. The van der Waals surface area contributed by atoms with Gasteiger partial charge < -0.3 is 15.5 Å². The third-order valence-corrected chi connectivity index (χ3v) is 8.69. The zero-order valence-electron chi connectivity index (χ0n) is 21.6. The van der Waals surface area contributed by atoms with Crippen LogP contribution in [0.15, 0.2) is 65.6 Å². The molecule has 196 valence electrons. The molecule has 0 radical (unpaired) electrons. The Morgan fingerprint density at radius 1 is 1.00 bits per heavy atom. The lowest BCUT2D eigenvalue weighted by Gasteiger charge is -2.38. The van der Waals surface area contributed by atoms with Crippen molar-refractivity contribution in [3.8, 4) is 0 Å². The third-order valence-electron chi connectivity index (χ3n) is 7.14. The maximum Gasteiger partial charge on any atom is 0.255 e. The predicted molar refractivity (Wildman–Crippen MR) is 146 cm³/mol. The summed E-state index contributed by atoms with van der Waals surface area (Å²) in [5, 5.41) is 7.07. The SMILES string of the molecule is CN[C@@H](C)C(=O)N1CC[C@H](NS(=O)(=O)c2ccc(NC(=O)c3ccccc3C)c3ccccc23)[C@@H](C)C1. The highest BCUT2D eigenvalue weighted by molar-refractivity contribution is 7.89. The summed E-state index contributed by atoms with van der Waals surface area (Å²) in [6, 6.07) is 17.1. The first-order valence-corrected chi connectivity index (χ1v) is 14.0. The van der Waals surface area contributed by atoms with Gasteiger partial charge in [0.15, 0.2) is 0 Å². The minimum atomic E-state index is -3.86. The summed E-state index contributed by atoms with van der Waals surface area (Å²) in [6.45, 7) is 6.63. The average Bonchev–Trinajstić information content (AvgIpc) is 2.89. The van der Waals surface area contributed by atoms with Gasteiger partial charge >= 0.3 is 0 Å². The van der Waals surface area contributed by atoms with Crippen LogP contribution in [0.2, 0.25) is 0 Å². The number of anilines is 1. The smallest absolute Gasteiger partial charge is 0.255 e. The molecule has 1 aliphatic heterocycles. The Kier molecular flexibility index (Phi) is 7.96. The number of piperidine rings is 1. The Balaban J connectivity index is 1.56. The maximum absolute atomic E-state index is 13.5. The number of nitrogens with one attached hydrogen (secondary N) is 3. The van der Waals surface area contributed by atoms with Crippen LogP contribution in [0.25, 0.3) is 10.8 Å². The van der Waals surface area contributed by atoms with Crippen molar-refractivity contribution in [1.82, 2.24) is 14.9 Å². The molecule has 0 saturated carbocycles. The molecule has 0 aromatic heterocycles. The van der Waals surface area contributed by atoms with E-state index < -0.39 is 10.0 Å². The molecule has 0 spiro atoms. The van der Waals surface area contributed by atoms with Crippen molar-refractivity contribution in [3.05, 3.63) is 71.8 Å². The fraction of sp³-hybridized carbons (Fsp3) is 0.357. The van der Waals surface area contributed by atoms with Gasteiger partial charge in [-0.3, -0.25) is 9.59 Å². The highest BCUT2D eigenvalue weighted by Gasteiger charge is 2.33. The molecule has 3 atom stereocenters. The predicted octanol–water partition coefficient (Wildman–Crippen LogP) is 3.52. The summed E-state index contributed by atoms with van der Waals surface area (Å²) in [6.07, 6.45) is 0.533. The number of hydrogen-bond donors (Lipinski definition) is 3. The number of hydrogen-bond acceptors (Lipinski definition) is 5. The minimum absolute atomic E-state index is 0.0185. The zero-order valence-corrected chi connectivity index (χ0v) is 22.4. The molecule has 1 heterocycles. The molecule has 3 aromatic rings. The molecule has 1 saturated heterocycles. The molecule has 4 rings (SSSR count). The number of carbonyl (C=O) groups is 2. The van der Waals surface area contributed by atoms with Gasteiger partial charge in [0.25, 0.3) is 5.91 Å². The number of fused-ring (bicyclic) bond motifs is 1. The standard InChI is InChI=1S/C28H34N4O4S/c1-18-9-5-6-10-21(18)27(33)30-25-13-14-26(23-12-8-7-11-22(23)25)37(35,36)31-24-15-16-32(17-19(24)2)28(34)20(3)29-4/h5-14,19-20,24,29,31H,15-17H2,1-4H3,(H,30,33)/t19-,20-,24-/m0/s1. The van der Waals surface area contributed by atoms with Crippen LogP contribution >= 0.6 is 0 Å². The number of nitrogens with zero attached hydrogens (tertiary/aromatic N) is 1. The molecule has 2 amide bonds. The number of likely N-dealkylation sites (N-methyl/N-ethyl adjacent to an activating group) is 1. The van der Waals surface area contributed by atoms with Crippen molar-refractivity contribution in [2.24, 2.45) is 5.92 Å². The van der Waals surface area contributed by atoms with E-state index in [1.807, 2.05) is 45.0 Å². The van der Waals surface area contributed by atoms with E-state index in [4.69, 9.17) is 0 Å². The Bertz CT molecular complexity index is 1420. The van der Waals surface area contributed by atoms with Crippen LogP contribution in [0.1, 0.15) is 36.2 Å². The Morgan fingerprint density at radius 2 is 1.68 bits per heavy atom. The van der Waals surface area contributed by atoms with E-state index in [0.717, 1.165) is 5.56 Å². The number of rotatable bonds is 7. The number of sulfonamides is 1. The van der Waals surface area contributed by atoms with Crippen LogP contribution in [0, 0.1) is 12.8 Å². The minimum Gasteiger partial charge on any atom is -0.341 e. The number of amides is 2. The lowest BCUT2D eigenvalue weighted by Crippen LogP contribution is -2.54. The first-order valence-electron chi connectivity index (χ1n) is 12.5. The van der Waals surface area contributed by atoms with E-state index >= 15 is 0 Å². The summed E-state index contributed by atoms with van der Waals surface area (Å²) in [7, 11) is -2.11. The number of carbonyl (C=O) groups excluding carboxylic acids is 2. The van der Waals surface area contributed by atoms with Gasteiger partial charge in [0, 0.05) is 41.2 Å². The fourth-order valence-electron chi connectivity index (χ4n) is 4.81. The van der Waals surface area contributed by atoms with Gasteiger partial charge in [0.05, 0.1) is 10.9 Å². The lowest BCUT2D eigenvalue weighted by molar-refractivity contribution is -0.134. The summed E-state index contributed by atoms with van der Waals surface area (Å²) < 4.78 is 30.0. The van der Waals surface area contributed by atoms with Crippen LogP contribution in [-0.4, -0.2) is 57.4 Å². The molecule has 3 aromatic carbocycles. The van der Waals surface area contributed by atoms with Gasteiger partial charge in [-0.05, 0) is 57.0 Å². The average molecular weight is 523 g/mol. The van der Waals surface area contributed by atoms with Crippen LogP contribution in [0.4, 0.5) is 5.69 Å². The molecule has 0 aliphatic carbocycles. The van der Waals surface area contributed by atoms with E-state index in [2.05, 4.69) is 15.4 Å². The van der Waals surface area contributed by atoms with E-state index in [1.165, 1.54) is 6.07 Å². The molecule has 37 heavy (non-hydrogen) atoms. The Morgan fingerprint density at radius 3 is 2.35 bits per heavy atom. The lowest BCUT2D eigenvalue weighted by atomic mass is 9.94. The van der Waals surface area contributed by atoms with Crippen molar-refractivity contribution < 1.29 is 18.0 Å². The van der Waals surface area contributed by atoms with Crippen molar-refractivity contribution in [2.45, 2.75) is 44.2 Å². The second-order valence-electron chi connectivity index (χ2n) is 9.71. The van der Waals surface area contributed by atoms with Crippen LogP contribution in [0.5, 0.6) is 0 Å². The summed E-state index contributed by atoms with van der Waals surface area (Å²) in [4.78, 5) is 27.4. The van der Waals surface area contributed by atoms with Gasteiger partial charge in [-0.1, -0.05) is 49.4 Å².